The fraction of sp³-hybridized carbons (Fsp3) is 0.118. The minimum atomic E-state index is -1.06. The van der Waals surface area contributed by atoms with E-state index in [4.69, 9.17) is 15.1 Å². The Kier molecular flexibility index (Phi) is 3.69. The minimum Gasteiger partial charge on any atom is -0.482 e. The normalized spacial score (nSPS) is 13.0. The zero-order valence-corrected chi connectivity index (χ0v) is 12.0. The Balaban J connectivity index is 1.99. The fourth-order valence-electron chi connectivity index (χ4n) is 2.45. The van der Waals surface area contributed by atoms with Crippen LogP contribution in [0.5, 0.6) is 5.75 Å². The number of rotatable bonds is 3. The first-order valence-corrected chi connectivity index (χ1v) is 6.88. The maximum Gasteiger partial charge on any atom is 0.335 e. The van der Waals surface area contributed by atoms with Crippen molar-refractivity contribution in [1.29, 1.82) is 5.26 Å². The van der Waals surface area contributed by atoms with Crippen LogP contribution in [0.2, 0.25) is 0 Å². The molecule has 0 spiro atoms. The predicted molar refractivity (Wildman–Crippen MR) is 81.2 cm³/mol. The maximum absolute atomic E-state index is 12.2. The van der Waals surface area contributed by atoms with Gasteiger partial charge in [-0.15, -0.1) is 0 Å². The standard InChI is InChI=1S/C17H12N2O4/c18-8-12-3-1-2-4-13(12)9-19-14-6-5-11(17(21)22)7-15(14)23-10-16(19)20/h1-7H,9-10H2,(H,21,22). The quantitative estimate of drug-likeness (QED) is 0.938. The van der Waals surface area contributed by atoms with Gasteiger partial charge in [-0.25, -0.2) is 4.79 Å². The third-order valence-electron chi connectivity index (χ3n) is 3.62. The van der Waals surface area contributed by atoms with Gasteiger partial charge in [-0.1, -0.05) is 18.2 Å². The zero-order chi connectivity index (χ0) is 16.4. The summed E-state index contributed by atoms with van der Waals surface area (Å²) in [5.41, 5.74) is 1.81. The number of amides is 1. The lowest BCUT2D eigenvalue weighted by Gasteiger charge is -2.29. The third kappa shape index (κ3) is 2.72. The number of fused-ring (bicyclic) bond motifs is 1. The molecule has 0 aliphatic carbocycles. The van der Waals surface area contributed by atoms with E-state index in [1.165, 1.54) is 17.0 Å². The van der Waals surface area contributed by atoms with Gasteiger partial charge in [0.05, 0.1) is 29.4 Å². The molecule has 0 saturated carbocycles. The number of anilines is 1. The average molecular weight is 308 g/mol. The van der Waals surface area contributed by atoms with Crippen LogP contribution in [0, 0.1) is 11.3 Å². The zero-order valence-electron chi connectivity index (χ0n) is 12.0. The van der Waals surface area contributed by atoms with Gasteiger partial charge in [0.1, 0.15) is 5.75 Å². The number of hydrogen-bond donors (Lipinski definition) is 1. The van der Waals surface area contributed by atoms with Crippen molar-refractivity contribution in [2.75, 3.05) is 11.5 Å². The van der Waals surface area contributed by atoms with Crippen molar-refractivity contribution in [2.24, 2.45) is 0 Å². The van der Waals surface area contributed by atoms with Crippen molar-refractivity contribution >= 4 is 17.6 Å². The topological polar surface area (TPSA) is 90.6 Å². The third-order valence-corrected chi connectivity index (χ3v) is 3.62. The molecule has 2 aromatic rings. The molecule has 0 fully saturated rings. The van der Waals surface area contributed by atoms with E-state index in [0.29, 0.717) is 17.0 Å². The molecule has 1 aliphatic rings. The van der Waals surface area contributed by atoms with Crippen molar-refractivity contribution in [3.8, 4) is 11.8 Å². The van der Waals surface area contributed by atoms with Crippen LogP contribution < -0.4 is 9.64 Å². The highest BCUT2D eigenvalue weighted by atomic mass is 16.5. The fourth-order valence-corrected chi connectivity index (χ4v) is 2.45. The summed E-state index contributed by atoms with van der Waals surface area (Å²) < 4.78 is 5.33. The van der Waals surface area contributed by atoms with Crippen molar-refractivity contribution in [1.82, 2.24) is 0 Å². The van der Waals surface area contributed by atoms with Crippen LogP contribution in [-0.4, -0.2) is 23.6 Å². The summed E-state index contributed by atoms with van der Waals surface area (Å²) in [6, 6.07) is 13.5. The van der Waals surface area contributed by atoms with Crippen molar-refractivity contribution in [3.05, 3.63) is 59.2 Å². The molecule has 0 saturated heterocycles. The summed E-state index contributed by atoms with van der Waals surface area (Å²) in [5.74, 6) is -0.957. The van der Waals surface area contributed by atoms with E-state index in [0.717, 1.165) is 5.56 Å². The minimum absolute atomic E-state index is 0.0930. The first-order valence-electron chi connectivity index (χ1n) is 6.88. The van der Waals surface area contributed by atoms with Gasteiger partial charge < -0.3 is 14.7 Å². The highest BCUT2D eigenvalue weighted by molar-refractivity contribution is 5.99. The number of carbonyl (C=O) groups is 2. The molecular formula is C17H12N2O4. The highest BCUT2D eigenvalue weighted by Crippen LogP contribution is 2.34. The van der Waals surface area contributed by atoms with Gasteiger partial charge in [-0.3, -0.25) is 4.79 Å². The number of carboxylic acid groups (broad SMARTS) is 1. The molecule has 1 amide bonds. The molecule has 0 aromatic heterocycles. The van der Waals surface area contributed by atoms with E-state index in [9.17, 15) is 9.59 Å². The van der Waals surface area contributed by atoms with Crippen molar-refractivity contribution in [3.63, 3.8) is 0 Å². The average Bonchev–Trinajstić information content (AvgIpc) is 2.57. The lowest BCUT2D eigenvalue weighted by atomic mass is 10.1. The summed E-state index contributed by atoms with van der Waals surface area (Å²) in [6.07, 6.45) is 0. The van der Waals surface area contributed by atoms with Gasteiger partial charge >= 0.3 is 5.97 Å². The Bertz CT molecular complexity index is 839. The number of carbonyl (C=O) groups excluding carboxylic acids is 1. The molecule has 0 radical (unpaired) electrons. The molecule has 6 nitrogen and oxygen atoms in total. The molecule has 1 N–H and O–H groups in total. The summed E-state index contributed by atoms with van der Waals surface area (Å²) in [5, 5.41) is 18.2. The molecule has 23 heavy (non-hydrogen) atoms. The van der Waals surface area contributed by atoms with Gasteiger partial charge in [-0.2, -0.15) is 5.26 Å². The van der Waals surface area contributed by atoms with Crippen molar-refractivity contribution in [2.45, 2.75) is 6.54 Å². The second kappa shape index (κ2) is 5.81. The monoisotopic (exact) mass is 308 g/mol. The predicted octanol–water partition coefficient (Wildman–Crippen LogP) is 2.18. The molecule has 2 aromatic carbocycles. The molecule has 6 heteroatoms. The number of nitrogens with zero attached hydrogens (tertiary/aromatic N) is 2. The van der Waals surface area contributed by atoms with Crippen molar-refractivity contribution < 1.29 is 19.4 Å². The van der Waals surface area contributed by atoms with Crippen LogP contribution >= 0.6 is 0 Å². The second-order valence-corrected chi connectivity index (χ2v) is 5.03. The number of benzene rings is 2. The molecular weight excluding hydrogens is 296 g/mol. The Morgan fingerprint density at radius 1 is 1.30 bits per heavy atom. The molecule has 0 atom stereocenters. The SMILES string of the molecule is N#Cc1ccccc1CN1C(=O)COc2cc(C(=O)O)ccc21. The number of aromatic carboxylic acids is 1. The van der Waals surface area contributed by atoms with Crippen LogP contribution in [-0.2, 0) is 11.3 Å². The van der Waals surface area contributed by atoms with Crippen LogP contribution in [0.4, 0.5) is 5.69 Å². The molecule has 3 rings (SSSR count). The van der Waals surface area contributed by atoms with E-state index in [1.54, 1.807) is 30.3 Å². The van der Waals surface area contributed by atoms with Gasteiger partial charge in [0, 0.05) is 0 Å². The van der Waals surface area contributed by atoms with Crippen LogP contribution in [0.25, 0.3) is 0 Å². The molecule has 0 bridgehead atoms. The van der Waals surface area contributed by atoms with Gasteiger partial charge in [0.15, 0.2) is 6.61 Å². The smallest absolute Gasteiger partial charge is 0.335 e. The van der Waals surface area contributed by atoms with E-state index in [-0.39, 0.29) is 24.6 Å². The molecule has 1 heterocycles. The van der Waals surface area contributed by atoms with E-state index < -0.39 is 5.97 Å². The van der Waals surface area contributed by atoms with E-state index in [1.807, 2.05) is 0 Å². The largest absolute Gasteiger partial charge is 0.482 e. The summed E-state index contributed by atoms with van der Waals surface area (Å²) in [4.78, 5) is 24.7. The number of carboxylic acids is 1. The Morgan fingerprint density at radius 3 is 2.83 bits per heavy atom. The highest BCUT2D eigenvalue weighted by Gasteiger charge is 2.27. The molecule has 114 valence electrons. The Morgan fingerprint density at radius 2 is 2.09 bits per heavy atom. The molecule has 0 unspecified atom stereocenters. The number of nitriles is 1. The van der Waals surface area contributed by atoms with Gasteiger partial charge in [0.2, 0.25) is 0 Å². The Hall–Kier alpha value is -3.33. The lowest BCUT2D eigenvalue weighted by molar-refractivity contribution is -0.121. The first kappa shape index (κ1) is 14.6. The van der Waals surface area contributed by atoms with Crippen LogP contribution in [0.1, 0.15) is 21.5 Å². The summed E-state index contributed by atoms with van der Waals surface area (Å²) >= 11 is 0. The van der Waals surface area contributed by atoms with Crippen LogP contribution in [0.15, 0.2) is 42.5 Å². The lowest BCUT2D eigenvalue weighted by Crippen LogP contribution is -2.38. The van der Waals surface area contributed by atoms with Gasteiger partial charge in [-0.05, 0) is 29.8 Å². The van der Waals surface area contributed by atoms with E-state index in [2.05, 4.69) is 6.07 Å². The second-order valence-electron chi connectivity index (χ2n) is 5.03. The van der Waals surface area contributed by atoms with Crippen LogP contribution in [0.3, 0.4) is 0 Å². The Labute approximate surface area is 132 Å². The molecule has 1 aliphatic heterocycles. The maximum atomic E-state index is 12.2. The summed E-state index contributed by atoms with van der Waals surface area (Å²) in [6.45, 7) is 0.0656. The van der Waals surface area contributed by atoms with E-state index >= 15 is 0 Å². The number of ether oxygens (including phenoxy) is 1. The van der Waals surface area contributed by atoms with Gasteiger partial charge in [0.25, 0.3) is 5.91 Å². The first-order chi connectivity index (χ1) is 11.1. The summed E-state index contributed by atoms with van der Waals surface area (Å²) in [7, 11) is 0. The number of hydrogen-bond acceptors (Lipinski definition) is 4.